The van der Waals surface area contributed by atoms with Gasteiger partial charge in [0.15, 0.2) is 11.6 Å². The fraction of sp³-hybridized carbons (Fsp3) is 0.200. The van der Waals surface area contributed by atoms with Gasteiger partial charge in [0.2, 0.25) is 0 Å². The molecule has 0 saturated heterocycles. The summed E-state index contributed by atoms with van der Waals surface area (Å²) in [6, 6.07) is 11.5. The van der Waals surface area contributed by atoms with Crippen molar-refractivity contribution in [3.8, 4) is 17.7 Å². The van der Waals surface area contributed by atoms with E-state index in [4.69, 9.17) is 9.68 Å². The molecule has 0 amide bonds. The Morgan fingerprint density at radius 2 is 2.16 bits per heavy atom. The molecule has 2 heterocycles. The first kappa shape index (κ1) is 11.5. The van der Waals surface area contributed by atoms with Crippen LogP contribution >= 0.6 is 0 Å². The van der Waals surface area contributed by atoms with Gasteiger partial charge >= 0.3 is 0 Å². The van der Waals surface area contributed by atoms with Crippen LogP contribution in [0.5, 0.6) is 0 Å². The summed E-state index contributed by atoms with van der Waals surface area (Å²) in [5.74, 6) is 2.48. The number of fused-ring (bicyclic) bond motifs is 1. The van der Waals surface area contributed by atoms with Gasteiger partial charge in [-0.05, 0) is 30.3 Å². The molecule has 0 saturated carbocycles. The smallest absolute Gasteiger partial charge is 0.176 e. The summed E-state index contributed by atoms with van der Waals surface area (Å²) in [5.41, 5.74) is 2.42. The van der Waals surface area contributed by atoms with Crippen molar-refractivity contribution in [2.75, 3.05) is 0 Å². The fourth-order valence-electron chi connectivity index (χ4n) is 2.18. The van der Waals surface area contributed by atoms with Crippen molar-refractivity contribution in [1.29, 1.82) is 5.26 Å². The minimum Gasteiger partial charge on any atom is -0.458 e. The van der Waals surface area contributed by atoms with E-state index < -0.39 is 0 Å². The molecule has 3 aromatic rings. The number of furan rings is 1. The minimum atomic E-state index is 0.617. The molecule has 0 radical (unpaired) electrons. The molecule has 2 aromatic heterocycles. The minimum absolute atomic E-state index is 0.617. The zero-order valence-corrected chi connectivity index (χ0v) is 10.8. The van der Waals surface area contributed by atoms with Gasteiger partial charge in [-0.1, -0.05) is 6.92 Å². The molecular weight excluding hydrogens is 238 g/mol. The molecule has 4 nitrogen and oxygen atoms in total. The molecule has 0 spiro atoms. The normalized spacial score (nSPS) is 10.8. The summed E-state index contributed by atoms with van der Waals surface area (Å²) in [4.78, 5) is 4.56. The van der Waals surface area contributed by atoms with E-state index in [1.165, 1.54) is 0 Å². The van der Waals surface area contributed by atoms with Crippen molar-refractivity contribution in [2.45, 2.75) is 13.3 Å². The number of benzene rings is 1. The summed E-state index contributed by atoms with van der Waals surface area (Å²) in [7, 11) is 1.95. The van der Waals surface area contributed by atoms with Gasteiger partial charge in [-0.2, -0.15) is 5.26 Å². The van der Waals surface area contributed by atoms with Crippen molar-refractivity contribution in [3.63, 3.8) is 0 Å². The zero-order chi connectivity index (χ0) is 13.4. The Kier molecular flexibility index (Phi) is 2.60. The number of nitrogens with zero attached hydrogens (tertiary/aromatic N) is 3. The molecule has 0 N–H and O–H groups in total. The first-order chi connectivity index (χ1) is 9.22. The van der Waals surface area contributed by atoms with E-state index in [9.17, 15) is 0 Å². The van der Waals surface area contributed by atoms with Crippen molar-refractivity contribution >= 4 is 11.0 Å². The van der Waals surface area contributed by atoms with Crippen molar-refractivity contribution in [2.24, 2.45) is 7.05 Å². The van der Waals surface area contributed by atoms with Crippen LogP contribution in [0.25, 0.3) is 22.6 Å². The molecule has 0 fully saturated rings. The Morgan fingerprint density at radius 3 is 2.84 bits per heavy atom. The van der Waals surface area contributed by atoms with Crippen LogP contribution in [0.1, 0.15) is 18.2 Å². The SMILES string of the molecule is CCc1ccc(-c2nc3cc(C#N)ccc3n2C)o1. The molecule has 0 aliphatic carbocycles. The second kappa shape index (κ2) is 4.29. The predicted octanol–water partition coefficient (Wildman–Crippen LogP) is 3.27. The van der Waals surface area contributed by atoms with Crippen LogP contribution in [0, 0.1) is 11.3 Å². The molecule has 94 valence electrons. The second-order valence-corrected chi connectivity index (χ2v) is 4.43. The summed E-state index contributed by atoms with van der Waals surface area (Å²) < 4.78 is 7.72. The van der Waals surface area contributed by atoms with E-state index in [1.807, 2.05) is 29.8 Å². The van der Waals surface area contributed by atoms with E-state index in [1.54, 1.807) is 12.1 Å². The Hall–Kier alpha value is -2.54. The molecule has 3 rings (SSSR count). The number of rotatable bonds is 2. The monoisotopic (exact) mass is 251 g/mol. The number of nitriles is 1. The first-order valence-corrected chi connectivity index (χ1v) is 6.18. The van der Waals surface area contributed by atoms with E-state index in [2.05, 4.69) is 18.0 Å². The highest BCUT2D eigenvalue weighted by Crippen LogP contribution is 2.26. The van der Waals surface area contributed by atoms with Gasteiger partial charge in [-0.15, -0.1) is 0 Å². The van der Waals surface area contributed by atoms with Crippen LogP contribution in [-0.4, -0.2) is 9.55 Å². The van der Waals surface area contributed by atoms with E-state index >= 15 is 0 Å². The molecular formula is C15H13N3O. The van der Waals surface area contributed by atoms with Crippen LogP contribution < -0.4 is 0 Å². The standard InChI is InChI=1S/C15H13N3O/c1-3-11-5-7-14(19-11)15-17-12-8-10(9-16)4-6-13(12)18(15)2/h4-8H,3H2,1-2H3. The maximum Gasteiger partial charge on any atom is 0.176 e. The largest absolute Gasteiger partial charge is 0.458 e. The number of hydrogen-bond donors (Lipinski definition) is 0. The molecule has 0 aliphatic rings. The Labute approximate surface area is 110 Å². The Bertz CT molecular complexity index is 789. The van der Waals surface area contributed by atoms with Crippen LogP contribution in [0.4, 0.5) is 0 Å². The summed E-state index contributed by atoms with van der Waals surface area (Å²) in [6.07, 6.45) is 0.864. The lowest BCUT2D eigenvalue weighted by atomic mass is 10.2. The van der Waals surface area contributed by atoms with Gasteiger partial charge < -0.3 is 8.98 Å². The number of hydrogen-bond acceptors (Lipinski definition) is 3. The molecule has 0 atom stereocenters. The zero-order valence-electron chi connectivity index (χ0n) is 10.8. The van der Waals surface area contributed by atoms with Crippen LogP contribution in [0.15, 0.2) is 34.7 Å². The Balaban J connectivity index is 2.19. The van der Waals surface area contributed by atoms with Crippen molar-refractivity contribution in [1.82, 2.24) is 9.55 Å². The van der Waals surface area contributed by atoms with Gasteiger partial charge in [0.25, 0.3) is 0 Å². The van der Waals surface area contributed by atoms with Crippen LogP contribution in [0.2, 0.25) is 0 Å². The van der Waals surface area contributed by atoms with Gasteiger partial charge in [0, 0.05) is 13.5 Å². The average molecular weight is 251 g/mol. The summed E-state index contributed by atoms with van der Waals surface area (Å²) in [6.45, 7) is 2.05. The average Bonchev–Trinajstić information content (AvgIpc) is 3.03. The topological polar surface area (TPSA) is 54.8 Å². The van der Waals surface area contributed by atoms with E-state index in [0.717, 1.165) is 34.8 Å². The lowest BCUT2D eigenvalue weighted by Crippen LogP contribution is -1.90. The Morgan fingerprint density at radius 1 is 1.32 bits per heavy atom. The number of aromatic nitrogens is 2. The maximum atomic E-state index is 8.92. The lowest BCUT2D eigenvalue weighted by Gasteiger charge is -1.98. The van der Waals surface area contributed by atoms with E-state index in [-0.39, 0.29) is 0 Å². The molecule has 4 heteroatoms. The molecule has 0 aliphatic heterocycles. The molecule has 0 bridgehead atoms. The molecule has 19 heavy (non-hydrogen) atoms. The number of imidazole rings is 1. The van der Waals surface area contributed by atoms with Gasteiger partial charge in [-0.3, -0.25) is 0 Å². The maximum absolute atomic E-state index is 8.92. The highest BCUT2D eigenvalue weighted by Gasteiger charge is 2.13. The molecule has 1 aromatic carbocycles. The predicted molar refractivity (Wildman–Crippen MR) is 72.5 cm³/mol. The van der Waals surface area contributed by atoms with Crippen molar-refractivity contribution < 1.29 is 4.42 Å². The van der Waals surface area contributed by atoms with Crippen molar-refractivity contribution in [3.05, 3.63) is 41.7 Å². The fourth-order valence-corrected chi connectivity index (χ4v) is 2.18. The van der Waals surface area contributed by atoms with Gasteiger partial charge in [-0.25, -0.2) is 4.98 Å². The quantitative estimate of drug-likeness (QED) is 0.702. The third kappa shape index (κ3) is 1.80. The van der Waals surface area contributed by atoms with Crippen LogP contribution in [-0.2, 0) is 13.5 Å². The third-order valence-corrected chi connectivity index (χ3v) is 3.24. The first-order valence-electron chi connectivity index (χ1n) is 6.18. The summed E-state index contributed by atoms with van der Waals surface area (Å²) in [5, 5.41) is 8.92. The second-order valence-electron chi connectivity index (χ2n) is 4.43. The summed E-state index contributed by atoms with van der Waals surface area (Å²) >= 11 is 0. The van der Waals surface area contributed by atoms with Gasteiger partial charge in [0.05, 0.1) is 22.7 Å². The third-order valence-electron chi connectivity index (χ3n) is 3.24. The molecule has 0 unspecified atom stereocenters. The number of aryl methyl sites for hydroxylation is 2. The van der Waals surface area contributed by atoms with E-state index in [0.29, 0.717) is 5.56 Å². The van der Waals surface area contributed by atoms with Crippen LogP contribution in [0.3, 0.4) is 0 Å². The lowest BCUT2D eigenvalue weighted by molar-refractivity contribution is 0.524. The highest BCUT2D eigenvalue weighted by atomic mass is 16.3. The van der Waals surface area contributed by atoms with Gasteiger partial charge in [0.1, 0.15) is 5.76 Å². The highest BCUT2D eigenvalue weighted by molar-refractivity contribution is 5.81.